The van der Waals surface area contributed by atoms with Crippen LogP contribution in [0.5, 0.6) is 5.75 Å². The first-order valence-corrected chi connectivity index (χ1v) is 4.81. The Morgan fingerprint density at radius 3 is 2.38 bits per heavy atom. The first-order chi connectivity index (χ1) is 7.24. The minimum Gasteiger partial charge on any atom is -0.494 e. The fourth-order valence-corrected chi connectivity index (χ4v) is 1.10. The summed E-state index contributed by atoms with van der Waals surface area (Å²) in [6.07, 6.45) is 1.82. The number of non-ortho nitro benzene ring substituents is 1. The van der Waals surface area contributed by atoms with Crippen molar-refractivity contribution in [2.24, 2.45) is 5.73 Å². The highest BCUT2D eigenvalue weighted by Gasteiger charge is 2.03. The van der Waals surface area contributed by atoms with Crippen LogP contribution in [0.4, 0.5) is 5.69 Å². The first-order valence-electron chi connectivity index (χ1n) is 4.81. The third-order valence-corrected chi connectivity index (χ3v) is 1.91. The van der Waals surface area contributed by atoms with Crippen LogP contribution in [0.1, 0.15) is 12.8 Å². The number of ether oxygens (including phenoxy) is 1. The van der Waals surface area contributed by atoms with E-state index in [0.29, 0.717) is 18.9 Å². The lowest BCUT2D eigenvalue weighted by Gasteiger charge is -2.04. The molecule has 0 atom stereocenters. The third-order valence-electron chi connectivity index (χ3n) is 1.91. The molecular weight excluding hydrogens is 232 g/mol. The van der Waals surface area contributed by atoms with Crippen molar-refractivity contribution >= 4 is 18.1 Å². The third kappa shape index (κ3) is 4.95. The summed E-state index contributed by atoms with van der Waals surface area (Å²) in [7, 11) is 0. The standard InChI is InChI=1S/C10H14N2O3.ClH/c11-7-1-2-8-15-10-5-3-9(4-6-10)12(13)14;/h3-6H,1-2,7-8,11H2;1H. The van der Waals surface area contributed by atoms with Crippen LogP contribution in [0.3, 0.4) is 0 Å². The molecule has 6 heteroatoms. The van der Waals surface area contributed by atoms with Crippen molar-refractivity contribution in [3.8, 4) is 5.75 Å². The van der Waals surface area contributed by atoms with Crippen LogP contribution in [0.2, 0.25) is 0 Å². The molecule has 0 saturated carbocycles. The van der Waals surface area contributed by atoms with Gasteiger partial charge in [0.1, 0.15) is 5.75 Å². The van der Waals surface area contributed by atoms with Gasteiger partial charge in [0.05, 0.1) is 11.5 Å². The monoisotopic (exact) mass is 246 g/mol. The van der Waals surface area contributed by atoms with Crippen LogP contribution in [0.25, 0.3) is 0 Å². The number of nitro groups is 1. The van der Waals surface area contributed by atoms with E-state index in [1.54, 1.807) is 12.1 Å². The molecule has 0 spiro atoms. The van der Waals surface area contributed by atoms with Gasteiger partial charge in [-0.3, -0.25) is 10.1 Å². The molecule has 90 valence electrons. The summed E-state index contributed by atoms with van der Waals surface area (Å²) in [6, 6.07) is 6.05. The van der Waals surface area contributed by atoms with Crippen LogP contribution >= 0.6 is 12.4 Å². The van der Waals surface area contributed by atoms with Crippen LogP contribution in [-0.4, -0.2) is 18.1 Å². The van der Waals surface area contributed by atoms with Crippen LogP contribution in [-0.2, 0) is 0 Å². The van der Waals surface area contributed by atoms with Gasteiger partial charge >= 0.3 is 0 Å². The van der Waals surface area contributed by atoms with E-state index in [-0.39, 0.29) is 18.1 Å². The fraction of sp³-hybridized carbons (Fsp3) is 0.400. The number of nitrogens with zero attached hydrogens (tertiary/aromatic N) is 1. The molecule has 0 unspecified atom stereocenters. The second-order valence-corrected chi connectivity index (χ2v) is 3.10. The molecule has 2 N–H and O–H groups in total. The highest BCUT2D eigenvalue weighted by Crippen LogP contribution is 2.17. The number of rotatable bonds is 6. The number of hydrogen-bond acceptors (Lipinski definition) is 4. The van der Waals surface area contributed by atoms with Gasteiger partial charge in [0, 0.05) is 12.1 Å². The molecule has 5 nitrogen and oxygen atoms in total. The number of halogens is 1. The van der Waals surface area contributed by atoms with Crippen molar-refractivity contribution in [2.75, 3.05) is 13.2 Å². The van der Waals surface area contributed by atoms with Gasteiger partial charge in [0.25, 0.3) is 5.69 Å². The highest BCUT2D eigenvalue weighted by atomic mass is 35.5. The Balaban J connectivity index is 0.00000225. The van der Waals surface area contributed by atoms with Crippen molar-refractivity contribution in [3.63, 3.8) is 0 Å². The maximum absolute atomic E-state index is 10.4. The Morgan fingerprint density at radius 1 is 1.25 bits per heavy atom. The molecule has 0 aliphatic rings. The molecule has 0 radical (unpaired) electrons. The quantitative estimate of drug-likeness (QED) is 0.474. The van der Waals surface area contributed by atoms with Crippen LogP contribution in [0.15, 0.2) is 24.3 Å². The Kier molecular flexibility index (Phi) is 7.24. The van der Waals surface area contributed by atoms with E-state index in [1.807, 2.05) is 0 Å². The summed E-state index contributed by atoms with van der Waals surface area (Å²) >= 11 is 0. The summed E-state index contributed by atoms with van der Waals surface area (Å²) in [5.74, 6) is 0.651. The van der Waals surface area contributed by atoms with Crippen LogP contribution < -0.4 is 10.5 Å². The molecule has 0 fully saturated rings. The minimum atomic E-state index is -0.432. The molecule has 1 aromatic rings. The minimum absolute atomic E-state index is 0. The zero-order valence-electron chi connectivity index (χ0n) is 8.80. The van der Waals surface area contributed by atoms with Gasteiger partial charge < -0.3 is 10.5 Å². The van der Waals surface area contributed by atoms with Gasteiger partial charge in [-0.2, -0.15) is 0 Å². The van der Waals surface area contributed by atoms with Crippen molar-refractivity contribution in [3.05, 3.63) is 34.4 Å². The van der Waals surface area contributed by atoms with E-state index in [9.17, 15) is 10.1 Å². The summed E-state index contributed by atoms with van der Waals surface area (Å²) < 4.78 is 5.36. The van der Waals surface area contributed by atoms with E-state index in [0.717, 1.165) is 12.8 Å². The van der Waals surface area contributed by atoms with Crippen molar-refractivity contribution in [1.82, 2.24) is 0 Å². The smallest absolute Gasteiger partial charge is 0.269 e. The summed E-state index contributed by atoms with van der Waals surface area (Å²) in [6.45, 7) is 1.25. The SMILES string of the molecule is Cl.NCCCCOc1ccc([N+](=O)[O-])cc1. The average molecular weight is 247 g/mol. The number of benzene rings is 1. The molecule has 0 aliphatic carbocycles. The second-order valence-electron chi connectivity index (χ2n) is 3.10. The zero-order chi connectivity index (χ0) is 11.1. The van der Waals surface area contributed by atoms with Gasteiger partial charge in [-0.05, 0) is 31.5 Å². The van der Waals surface area contributed by atoms with Gasteiger partial charge in [-0.1, -0.05) is 0 Å². The molecule has 0 heterocycles. The van der Waals surface area contributed by atoms with Crippen molar-refractivity contribution in [1.29, 1.82) is 0 Å². The number of hydrogen-bond donors (Lipinski definition) is 1. The van der Waals surface area contributed by atoms with Crippen LogP contribution in [0, 0.1) is 10.1 Å². The second kappa shape index (κ2) is 7.90. The van der Waals surface area contributed by atoms with E-state index in [1.165, 1.54) is 12.1 Å². The van der Waals surface area contributed by atoms with E-state index in [4.69, 9.17) is 10.5 Å². The largest absolute Gasteiger partial charge is 0.494 e. The van der Waals surface area contributed by atoms with E-state index < -0.39 is 4.92 Å². The summed E-state index contributed by atoms with van der Waals surface area (Å²) in [5, 5.41) is 10.4. The predicted molar refractivity (Wildman–Crippen MR) is 64.1 cm³/mol. The maximum atomic E-state index is 10.4. The summed E-state index contributed by atoms with van der Waals surface area (Å²) in [4.78, 5) is 9.93. The zero-order valence-corrected chi connectivity index (χ0v) is 9.61. The van der Waals surface area contributed by atoms with E-state index in [2.05, 4.69) is 0 Å². The molecule has 0 aromatic heterocycles. The average Bonchev–Trinajstić information content (AvgIpc) is 2.25. The lowest BCUT2D eigenvalue weighted by molar-refractivity contribution is -0.384. The molecule has 0 aliphatic heterocycles. The molecule has 0 bridgehead atoms. The molecule has 16 heavy (non-hydrogen) atoms. The predicted octanol–water partition coefficient (Wildman–Crippen LogP) is 2.13. The fourth-order valence-electron chi connectivity index (χ4n) is 1.10. The number of nitro benzene ring substituents is 1. The number of unbranched alkanes of at least 4 members (excludes halogenated alkanes) is 1. The lowest BCUT2D eigenvalue weighted by Crippen LogP contribution is -2.03. The van der Waals surface area contributed by atoms with Gasteiger partial charge in [-0.25, -0.2) is 0 Å². The number of nitrogens with two attached hydrogens (primary N) is 1. The Labute approximate surface area is 100 Å². The highest BCUT2D eigenvalue weighted by molar-refractivity contribution is 5.85. The van der Waals surface area contributed by atoms with E-state index >= 15 is 0 Å². The van der Waals surface area contributed by atoms with Crippen molar-refractivity contribution in [2.45, 2.75) is 12.8 Å². The van der Waals surface area contributed by atoms with Gasteiger partial charge in [-0.15, -0.1) is 12.4 Å². The molecule has 1 aromatic carbocycles. The maximum Gasteiger partial charge on any atom is 0.269 e. The summed E-state index contributed by atoms with van der Waals surface area (Å²) in [5.41, 5.74) is 5.40. The Bertz CT molecular complexity index is 316. The van der Waals surface area contributed by atoms with Crippen molar-refractivity contribution < 1.29 is 9.66 Å². The normalized spacial score (nSPS) is 9.31. The topological polar surface area (TPSA) is 78.4 Å². The van der Waals surface area contributed by atoms with Gasteiger partial charge in [0.15, 0.2) is 0 Å². The first kappa shape index (κ1) is 14.7. The Morgan fingerprint density at radius 2 is 1.88 bits per heavy atom. The Hall–Kier alpha value is -1.33. The molecular formula is C10H15ClN2O3. The molecule has 0 amide bonds. The van der Waals surface area contributed by atoms with Gasteiger partial charge in [0.2, 0.25) is 0 Å². The molecule has 0 saturated heterocycles. The lowest BCUT2D eigenvalue weighted by atomic mass is 10.3. The molecule has 1 rings (SSSR count).